The SMILES string of the molecule is O=C(O)CCCCCCCCCCCOc1ccccc1SCCCC(=O)O. The van der Waals surface area contributed by atoms with Crippen molar-refractivity contribution in [2.75, 3.05) is 12.4 Å². The first-order valence-electron chi connectivity index (χ1n) is 10.4. The molecule has 0 aliphatic carbocycles. The lowest BCUT2D eigenvalue weighted by molar-refractivity contribution is -0.138. The Balaban J connectivity index is 2.02. The van der Waals surface area contributed by atoms with Gasteiger partial charge < -0.3 is 14.9 Å². The van der Waals surface area contributed by atoms with Crippen molar-refractivity contribution in [3.8, 4) is 5.75 Å². The summed E-state index contributed by atoms with van der Waals surface area (Å²) in [5.74, 6) is 0.234. The second-order valence-corrected chi connectivity index (χ2v) is 8.10. The van der Waals surface area contributed by atoms with E-state index in [9.17, 15) is 9.59 Å². The molecule has 0 fully saturated rings. The molecule has 0 heterocycles. The number of thioether (sulfide) groups is 1. The van der Waals surface area contributed by atoms with Crippen molar-refractivity contribution < 1.29 is 24.5 Å². The maximum Gasteiger partial charge on any atom is 0.303 e. The molecular weight excluding hydrogens is 376 g/mol. The van der Waals surface area contributed by atoms with Crippen molar-refractivity contribution in [3.05, 3.63) is 24.3 Å². The molecule has 0 bridgehead atoms. The van der Waals surface area contributed by atoms with Gasteiger partial charge in [0.15, 0.2) is 0 Å². The first kappa shape index (κ1) is 24.3. The zero-order valence-electron chi connectivity index (χ0n) is 16.7. The second kappa shape index (κ2) is 16.3. The van der Waals surface area contributed by atoms with Crippen LogP contribution in [0.1, 0.15) is 77.0 Å². The minimum atomic E-state index is -0.747. The van der Waals surface area contributed by atoms with Crippen LogP contribution in [-0.4, -0.2) is 34.5 Å². The standard InChI is InChI=1S/C22H34O5S/c23-21(24)15-8-6-4-2-1-3-5-7-11-17-27-19-13-9-10-14-20(19)28-18-12-16-22(25)26/h9-10,13-14H,1-8,11-12,15-18H2,(H,23,24)(H,25,26). The van der Waals surface area contributed by atoms with E-state index in [0.29, 0.717) is 19.4 Å². The highest BCUT2D eigenvalue weighted by Crippen LogP contribution is 2.29. The molecule has 1 aromatic rings. The van der Waals surface area contributed by atoms with Crippen LogP contribution in [0.15, 0.2) is 29.2 Å². The van der Waals surface area contributed by atoms with Crippen LogP contribution in [0.5, 0.6) is 5.75 Å². The fourth-order valence-electron chi connectivity index (χ4n) is 2.89. The van der Waals surface area contributed by atoms with Gasteiger partial charge in [0.2, 0.25) is 0 Å². The van der Waals surface area contributed by atoms with E-state index in [1.54, 1.807) is 11.8 Å². The number of ether oxygens (including phenoxy) is 1. The second-order valence-electron chi connectivity index (χ2n) is 6.97. The zero-order valence-corrected chi connectivity index (χ0v) is 17.6. The molecule has 0 aliphatic heterocycles. The fraction of sp³-hybridized carbons (Fsp3) is 0.636. The number of rotatable bonds is 18. The van der Waals surface area contributed by atoms with Gasteiger partial charge in [-0.1, -0.05) is 57.1 Å². The summed E-state index contributed by atoms with van der Waals surface area (Å²) in [5, 5.41) is 17.3. The van der Waals surface area contributed by atoms with E-state index in [0.717, 1.165) is 48.5 Å². The molecular formula is C22H34O5S. The average molecular weight is 411 g/mol. The summed E-state index contributed by atoms with van der Waals surface area (Å²) in [6, 6.07) is 7.95. The molecule has 0 radical (unpaired) electrons. The van der Waals surface area contributed by atoms with Gasteiger partial charge >= 0.3 is 11.9 Å². The Kier molecular flexibility index (Phi) is 14.2. The molecule has 2 N–H and O–H groups in total. The molecule has 158 valence electrons. The molecule has 28 heavy (non-hydrogen) atoms. The van der Waals surface area contributed by atoms with Crippen molar-refractivity contribution in [2.45, 2.75) is 81.9 Å². The third-order valence-electron chi connectivity index (χ3n) is 4.43. The number of benzene rings is 1. The molecule has 0 saturated heterocycles. The number of hydrogen-bond acceptors (Lipinski definition) is 4. The molecule has 0 unspecified atom stereocenters. The van der Waals surface area contributed by atoms with Crippen LogP contribution in [0.3, 0.4) is 0 Å². The number of carboxylic acids is 2. The first-order chi connectivity index (χ1) is 13.6. The predicted octanol–water partition coefficient (Wildman–Crippen LogP) is 6.01. The summed E-state index contributed by atoms with van der Waals surface area (Å²) in [7, 11) is 0. The van der Waals surface area contributed by atoms with Crippen LogP contribution >= 0.6 is 11.8 Å². The quantitative estimate of drug-likeness (QED) is 0.228. The highest BCUT2D eigenvalue weighted by Gasteiger charge is 2.05. The summed E-state index contributed by atoms with van der Waals surface area (Å²) in [4.78, 5) is 22.1. The molecule has 5 nitrogen and oxygen atoms in total. The van der Waals surface area contributed by atoms with Gasteiger partial charge in [-0.05, 0) is 37.1 Å². The van der Waals surface area contributed by atoms with E-state index >= 15 is 0 Å². The summed E-state index contributed by atoms with van der Waals surface area (Å²) in [5.41, 5.74) is 0. The maximum atomic E-state index is 10.6. The molecule has 0 spiro atoms. The van der Waals surface area contributed by atoms with Crippen molar-refractivity contribution in [1.29, 1.82) is 0 Å². The van der Waals surface area contributed by atoms with Gasteiger partial charge in [0.05, 0.1) is 6.61 Å². The van der Waals surface area contributed by atoms with Crippen LogP contribution in [0, 0.1) is 0 Å². The number of aliphatic carboxylic acids is 2. The maximum absolute atomic E-state index is 10.6. The Morgan fingerprint density at radius 1 is 0.750 bits per heavy atom. The van der Waals surface area contributed by atoms with Gasteiger partial charge in [0.25, 0.3) is 0 Å². The van der Waals surface area contributed by atoms with E-state index in [-0.39, 0.29) is 6.42 Å². The Bertz CT molecular complexity index is 562. The highest BCUT2D eigenvalue weighted by molar-refractivity contribution is 7.99. The number of para-hydroxylation sites is 1. The lowest BCUT2D eigenvalue weighted by Crippen LogP contribution is -1.99. The smallest absolute Gasteiger partial charge is 0.303 e. The predicted molar refractivity (Wildman–Crippen MR) is 113 cm³/mol. The van der Waals surface area contributed by atoms with Crippen molar-refractivity contribution in [3.63, 3.8) is 0 Å². The van der Waals surface area contributed by atoms with Gasteiger partial charge in [-0.25, -0.2) is 0 Å². The summed E-state index contributed by atoms with van der Waals surface area (Å²) >= 11 is 1.65. The average Bonchev–Trinajstić information content (AvgIpc) is 2.66. The normalized spacial score (nSPS) is 10.7. The van der Waals surface area contributed by atoms with Crippen LogP contribution in [0.25, 0.3) is 0 Å². The van der Waals surface area contributed by atoms with E-state index in [1.807, 2.05) is 24.3 Å². The van der Waals surface area contributed by atoms with Gasteiger partial charge in [0.1, 0.15) is 5.75 Å². The van der Waals surface area contributed by atoms with E-state index in [4.69, 9.17) is 14.9 Å². The third kappa shape index (κ3) is 13.5. The lowest BCUT2D eigenvalue weighted by Gasteiger charge is -2.11. The largest absolute Gasteiger partial charge is 0.492 e. The fourth-order valence-corrected chi connectivity index (χ4v) is 3.84. The highest BCUT2D eigenvalue weighted by atomic mass is 32.2. The molecule has 0 saturated carbocycles. The molecule has 0 atom stereocenters. The van der Waals surface area contributed by atoms with Gasteiger partial charge in [-0.3, -0.25) is 9.59 Å². The molecule has 6 heteroatoms. The van der Waals surface area contributed by atoms with Crippen LogP contribution in [0.4, 0.5) is 0 Å². The zero-order chi connectivity index (χ0) is 20.5. The minimum absolute atomic E-state index is 0.207. The summed E-state index contributed by atoms with van der Waals surface area (Å²) < 4.78 is 5.92. The van der Waals surface area contributed by atoms with E-state index in [2.05, 4.69) is 0 Å². The molecule has 1 rings (SSSR count). The molecule has 0 aromatic heterocycles. The Morgan fingerprint density at radius 2 is 1.29 bits per heavy atom. The Labute approximate surface area is 172 Å². The number of carbonyl (C=O) groups is 2. The van der Waals surface area contributed by atoms with E-state index in [1.165, 1.54) is 25.7 Å². The first-order valence-corrected chi connectivity index (χ1v) is 11.4. The Morgan fingerprint density at radius 3 is 1.93 bits per heavy atom. The lowest BCUT2D eigenvalue weighted by atomic mass is 10.1. The summed E-state index contributed by atoms with van der Waals surface area (Å²) in [6.07, 6.45) is 11.2. The van der Waals surface area contributed by atoms with Crippen LogP contribution < -0.4 is 4.74 Å². The third-order valence-corrected chi connectivity index (χ3v) is 5.58. The van der Waals surface area contributed by atoms with Crippen molar-refractivity contribution in [2.24, 2.45) is 0 Å². The number of hydrogen-bond donors (Lipinski definition) is 2. The van der Waals surface area contributed by atoms with Crippen molar-refractivity contribution >= 4 is 23.7 Å². The van der Waals surface area contributed by atoms with E-state index < -0.39 is 11.9 Å². The molecule has 1 aromatic carbocycles. The number of carboxylic acid groups (broad SMARTS) is 2. The van der Waals surface area contributed by atoms with Gasteiger partial charge in [0, 0.05) is 17.7 Å². The van der Waals surface area contributed by atoms with Crippen LogP contribution in [-0.2, 0) is 9.59 Å². The summed E-state index contributed by atoms with van der Waals surface area (Å²) in [6.45, 7) is 0.710. The van der Waals surface area contributed by atoms with Crippen LogP contribution in [0.2, 0.25) is 0 Å². The monoisotopic (exact) mass is 410 g/mol. The molecule has 0 amide bonds. The van der Waals surface area contributed by atoms with Crippen molar-refractivity contribution in [1.82, 2.24) is 0 Å². The van der Waals surface area contributed by atoms with Gasteiger partial charge in [-0.2, -0.15) is 0 Å². The van der Waals surface area contributed by atoms with Gasteiger partial charge in [-0.15, -0.1) is 11.8 Å². The minimum Gasteiger partial charge on any atom is -0.492 e. The molecule has 0 aliphatic rings. The number of unbranched alkanes of at least 4 members (excludes halogenated alkanes) is 8. The topological polar surface area (TPSA) is 83.8 Å². The Hall–Kier alpha value is -1.69.